The third-order valence-corrected chi connectivity index (χ3v) is 5.64. The van der Waals surface area contributed by atoms with E-state index in [0.717, 1.165) is 61.5 Å². The van der Waals surface area contributed by atoms with Gasteiger partial charge in [-0.2, -0.15) is 0 Å². The van der Waals surface area contributed by atoms with E-state index in [1.165, 1.54) is 16.7 Å². The molecule has 0 saturated carbocycles. The molecule has 0 amide bonds. The van der Waals surface area contributed by atoms with E-state index in [-0.39, 0.29) is 0 Å². The number of imidazole rings is 1. The maximum absolute atomic E-state index is 5.46. The van der Waals surface area contributed by atoms with E-state index < -0.39 is 0 Å². The van der Waals surface area contributed by atoms with Crippen LogP contribution in [0.2, 0.25) is 0 Å². The molecular formula is C22H23N5O. The lowest BCUT2D eigenvalue weighted by Gasteiger charge is -2.28. The summed E-state index contributed by atoms with van der Waals surface area (Å²) >= 11 is 0. The highest BCUT2D eigenvalue weighted by atomic mass is 16.5. The Hall–Kier alpha value is -2.99. The van der Waals surface area contributed by atoms with E-state index >= 15 is 0 Å². The molecule has 2 aliphatic heterocycles. The first-order valence-electron chi connectivity index (χ1n) is 9.66. The standard InChI is InChI=1S/C22H23N5O/c1-15-24-14-20(26(15)2)16-3-4-18-13-25-22(19(18)11-16)17-5-6-23-21(12-17)27-7-9-28-10-8-27/h3-6,11-12,14H,7-10,13H2,1-2H3. The fourth-order valence-electron chi connectivity index (χ4n) is 3.89. The summed E-state index contributed by atoms with van der Waals surface area (Å²) in [6, 6.07) is 10.8. The van der Waals surface area contributed by atoms with Gasteiger partial charge in [0, 0.05) is 43.0 Å². The number of aliphatic imine (C=N–C) groups is 1. The predicted octanol–water partition coefficient (Wildman–Crippen LogP) is 2.98. The number of anilines is 1. The zero-order valence-electron chi connectivity index (χ0n) is 16.2. The number of hydrogen-bond acceptors (Lipinski definition) is 5. The minimum atomic E-state index is 0.727. The van der Waals surface area contributed by atoms with Gasteiger partial charge in [-0.1, -0.05) is 12.1 Å². The summed E-state index contributed by atoms with van der Waals surface area (Å²) in [5.41, 5.74) is 6.92. The van der Waals surface area contributed by atoms with Crippen molar-refractivity contribution in [1.82, 2.24) is 14.5 Å². The van der Waals surface area contributed by atoms with Crippen molar-refractivity contribution in [3.8, 4) is 11.3 Å². The smallest absolute Gasteiger partial charge is 0.129 e. The molecular weight excluding hydrogens is 350 g/mol. The number of nitrogens with zero attached hydrogens (tertiary/aromatic N) is 5. The number of ether oxygens (including phenoxy) is 1. The van der Waals surface area contributed by atoms with Crippen molar-refractivity contribution in [1.29, 1.82) is 0 Å². The van der Waals surface area contributed by atoms with Gasteiger partial charge >= 0.3 is 0 Å². The fraction of sp³-hybridized carbons (Fsp3) is 0.318. The van der Waals surface area contributed by atoms with Crippen LogP contribution in [0.15, 0.2) is 47.7 Å². The number of pyridine rings is 1. The van der Waals surface area contributed by atoms with Crippen LogP contribution in [-0.2, 0) is 18.3 Å². The van der Waals surface area contributed by atoms with Gasteiger partial charge in [0.2, 0.25) is 0 Å². The first kappa shape index (κ1) is 17.1. The van der Waals surface area contributed by atoms with Gasteiger partial charge in [0.1, 0.15) is 11.6 Å². The van der Waals surface area contributed by atoms with E-state index in [9.17, 15) is 0 Å². The van der Waals surface area contributed by atoms with Gasteiger partial charge in [-0.25, -0.2) is 9.97 Å². The number of aromatic nitrogens is 3. The highest BCUT2D eigenvalue weighted by molar-refractivity contribution is 6.15. The molecule has 0 spiro atoms. The van der Waals surface area contributed by atoms with Crippen LogP contribution in [0.3, 0.4) is 0 Å². The second-order valence-corrected chi connectivity index (χ2v) is 7.29. The fourth-order valence-corrected chi connectivity index (χ4v) is 3.89. The largest absolute Gasteiger partial charge is 0.378 e. The zero-order valence-corrected chi connectivity index (χ0v) is 16.2. The van der Waals surface area contributed by atoms with Crippen LogP contribution in [0.1, 0.15) is 22.5 Å². The Labute approximate surface area is 164 Å². The molecule has 0 radical (unpaired) electrons. The average molecular weight is 373 g/mol. The minimum Gasteiger partial charge on any atom is -0.378 e. The van der Waals surface area contributed by atoms with E-state index in [0.29, 0.717) is 0 Å². The van der Waals surface area contributed by atoms with E-state index in [1.54, 1.807) is 0 Å². The van der Waals surface area contributed by atoms with Crippen molar-refractivity contribution < 1.29 is 4.74 Å². The number of aryl methyl sites for hydroxylation is 1. The molecule has 4 heterocycles. The van der Waals surface area contributed by atoms with E-state index in [2.05, 4.69) is 56.8 Å². The minimum absolute atomic E-state index is 0.727. The maximum atomic E-state index is 5.46. The molecule has 28 heavy (non-hydrogen) atoms. The summed E-state index contributed by atoms with van der Waals surface area (Å²) in [4.78, 5) is 16.1. The highest BCUT2D eigenvalue weighted by Gasteiger charge is 2.21. The summed E-state index contributed by atoms with van der Waals surface area (Å²) in [5.74, 6) is 2.00. The van der Waals surface area contributed by atoms with Crippen molar-refractivity contribution >= 4 is 11.5 Å². The molecule has 0 aliphatic carbocycles. The molecule has 0 unspecified atom stereocenters. The Morgan fingerprint density at radius 1 is 1.00 bits per heavy atom. The van der Waals surface area contributed by atoms with Gasteiger partial charge in [0.05, 0.1) is 37.4 Å². The van der Waals surface area contributed by atoms with Gasteiger partial charge < -0.3 is 14.2 Å². The highest BCUT2D eigenvalue weighted by Crippen LogP contribution is 2.29. The van der Waals surface area contributed by atoms with Crippen molar-refractivity contribution in [2.75, 3.05) is 31.2 Å². The monoisotopic (exact) mass is 373 g/mol. The third-order valence-electron chi connectivity index (χ3n) is 5.64. The first-order valence-corrected chi connectivity index (χ1v) is 9.66. The molecule has 0 bridgehead atoms. The zero-order chi connectivity index (χ0) is 19.1. The first-order chi connectivity index (χ1) is 13.7. The van der Waals surface area contributed by atoms with Crippen molar-refractivity contribution in [3.05, 3.63) is 65.2 Å². The SMILES string of the molecule is Cc1ncc(-c2ccc3c(c2)C(c2ccnc(N4CCOCC4)c2)=NC3)n1C. The van der Waals surface area contributed by atoms with Gasteiger partial charge in [-0.15, -0.1) is 0 Å². The second-order valence-electron chi connectivity index (χ2n) is 7.29. The number of fused-ring (bicyclic) bond motifs is 1. The molecule has 3 aromatic rings. The quantitative estimate of drug-likeness (QED) is 0.708. The Bertz CT molecular complexity index is 1060. The number of benzene rings is 1. The molecule has 2 aliphatic rings. The van der Waals surface area contributed by atoms with Gasteiger partial charge in [0.25, 0.3) is 0 Å². The molecule has 2 aromatic heterocycles. The van der Waals surface area contributed by atoms with Crippen molar-refractivity contribution in [3.63, 3.8) is 0 Å². The van der Waals surface area contributed by atoms with Crippen molar-refractivity contribution in [2.24, 2.45) is 12.0 Å². The van der Waals surface area contributed by atoms with Gasteiger partial charge in [-0.3, -0.25) is 4.99 Å². The number of rotatable bonds is 3. The summed E-state index contributed by atoms with van der Waals surface area (Å²) in [7, 11) is 2.05. The number of morpholine rings is 1. The van der Waals surface area contributed by atoms with Crippen LogP contribution in [0, 0.1) is 6.92 Å². The third kappa shape index (κ3) is 2.90. The van der Waals surface area contributed by atoms with Crippen LogP contribution < -0.4 is 4.90 Å². The van der Waals surface area contributed by atoms with E-state index in [1.807, 2.05) is 19.3 Å². The predicted molar refractivity (Wildman–Crippen MR) is 110 cm³/mol. The summed E-state index contributed by atoms with van der Waals surface area (Å²) in [6.45, 7) is 6.01. The average Bonchev–Trinajstić information content (AvgIpc) is 3.32. The summed E-state index contributed by atoms with van der Waals surface area (Å²) in [5, 5.41) is 0. The van der Waals surface area contributed by atoms with Gasteiger partial charge in [-0.05, 0) is 30.7 Å². The lowest BCUT2D eigenvalue weighted by Crippen LogP contribution is -2.36. The Morgan fingerprint density at radius 3 is 2.64 bits per heavy atom. The van der Waals surface area contributed by atoms with Crippen molar-refractivity contribution in [2.45, 2.75) is 13.5 Å². The lowest BCUT2D eigenvalue weighted by molar-refractivity contribution is 0.122. The molecule has 1 fully saturated rings. The van der Waals surface area contributed by atoms with Crippen LogP contribution in [0.4, 0.5) is 5.82 Å². The van der Waals surface area contributed by atoms with Crippen LogP contribution in [-0.4, -0.2) is 46.6 Å². The molecule has 0 N–H and O–H groups in total. The Morgan fingerprint density at radius 2 is 1.86 bits per heavy atom. The molecule has 6 nitrogen and oxygen atoms in total. The maximum Gasteiger partial charge on any atom is 0.129 e. The van der Waals surface area contributed by atoms with Gasteiger partial charge in [0.15, 0.2) is 0 Å². The molecule has 6 heteroatoms. The second kappa shape index (κ2) is 6.87. The molecule has 1 aromatic carbocycles. The Balaban J connectivity index is 1.51. The molecule has 142 valence electrons. The summed E-state index contributed by atoms with van der Waals surface area (Å²) < 4.78 is 7.59. The van der Waals surface area contributed by atoms with E-state index in [4.69, 9.17) is 9.73 Å². The van der Waals surface area contributed by atoms with Crippen LogP contribution in [0.25, 0.3) is 11.3 Å². The van der Waals surface area contributed by atoms with Crippen LogP contribution in [0.5, 0.6) is 0 Å². The normalized spacial score (nSPS) is 16.2. The number of hydrogen-bond donors (Lipinski definition) is 0. The lowest BCUT2D eigenvalue weighted by atomic mass is 9.97. The molecule has 0 atom stereocenters. The summed E-state index contributed by atoms with van der Waals surface area (Å²) in [6.07, 6.45) is 3.82. The van der Waals surface area contributed by atoms with Crippen LogP contribution >= 0.6 is 0 Å². The topological polar surface area (TPSA) is 55.5 Å². The molecule has 5 rings (SSSR count). The molecule has 1 saturated heterocycles. The Kier molecular flexibility index (Phi) is 4.20.